The van der Waals surface area contributed by atoms with E-state index in [1.54, 1.807) is 0 Å². The molecule has 0 aliphatic carbocycles. The fourth-order valence-electron chi connectivity index (χ4n) is 15.9. The number of benzene rings is 19. The van der Waals surface area contributed by atoms with Crippen LogP contribution in [0.2, 0.25) is 0 Å². The lowest BCUT2D eigenvalue weighted by Gasteiger charge is -2.18. The van der Waals surface area contributed by atoms with Crippen LogP contribution in [0.5, 0.6) is 0 Å². The summed E-state index contributed by atoms with van der Waals surface area (Å²) < 4.78 is 0. The molecule has 0 bridgehead atoms. The molecule has 0 saturated carbocycles. The molecule has 0 aromatic heterocycles. The Balaban J connectivity index is 0.752. The third-order valence-corrected chi connectivity index (χ3v) is 20.9. The number of fused-ring (bicyclic) bond motifs is 6. The lowest BCUT2D eigenvalue weighted by atomic mass is 9.86. The average molecular weight is 1290 g/mol. The van der Waals surface area contributed by atoms with Crippen molar-refractivity contribution in [2.45, 2.75) is 0 Å². The highest BCUT2D eigenvalue weighted by Crippen LogP contribution is 2.45. The molecule has 0 unspecified atom stereocenters. The fraction of sp³-hybridized carbons (Fsp3) is 0. The Labute approximate surface area is 594 Å². The third kappa shape index (κ3) is 11.2. The Hall–Kier alpha value is -13.3. The second-order valence-corrected chi connectivity index (χ2v) is 27.1. The summed E-state index contributed by atoms with van der Waals surface area (Å²) in [6.45, 7) is 0. The average Bonchev–Trinajstić information content (AvgIpc) is 0.766. The standard InChI is InChI=1S/C102H66/c1-7-37-91-69(21-1)27-15-43-97(91)85-58-80(59-86(64-85)98-44-16-28-70-22-2-8-38-92(70)98)78-36-14-35-77(54-78)76-34-13-33-75(53-76)67-49-51-68(52-50-67)79-55-81(83-60-87(99-45-17-29-71-23-3-9-39-93(71)99)65-88(61-83)100-46-18-30-72-24-4-10-40-94(72)100)57-82(56-79)84-62-89(101-47-19-31-73-25-5-11-41-95(73)101)66-90(63-84)102-48-20-32-74-26-6-12-42-96(74)102/h1-66H. The molecular weight excluding hydrogens is 1230 g/mol. The van der Waals surface area contributed by atoms with Crippen LogP contribution < -0.4 is 0 Å². The molecule has 19 aromatic rings. The zero-order valence-corrected chi connectivity index (χ0v) is 56.1. The minimum atomic E-state index is 1.14. The zero-order chi connectivity index (χ0) is 67.5. The van der Waals surface area contributed by atoms with Crippen LogP contribution in [0.3, 0.4) is 0 Å². The van der Waals surface area contributed by atoms with Gasteiger partial charge < -0.3 is 0 Å². The van der Waals surface area contributed by atoms with Crippen LogP contribution in [0.1, 0.15) is 0 Å². The number of hydrogen-bond donors (Lipinski definition) is 0. The van der Waals surface area contributed by atoms with E-state index in [1.807, 2.05) is 0 Å². The van der Waals surface area contributed by atoms with Gasteiger partial charge in [-0.3, -0.25) is 0 Å². The first-order valence-electron chi connectivity index (χ1n) is 35.3. The van der Waals surface area contributed by atoms with Gasteiger partial charge in [0, 0.05) is 0 Å². The van der Waals surface area contributed by atoms with Crippen LogP contribution in [0, 0.1) is 0 Å². The van der Waals surface area contributed by atoms with E-state index in [2.05, 4.69) is 400 Å². The lowest BCUT2D eigenvalue weighted by molar-refractivity contribution is 1.54. The van der Waals surface area contributed by atoms with E-state index in [9.17, 15) is 0 Å². The van der Waals surface area contributed by atoms with Gasteiger partial charge in [-0.2, -0.15) is 0 Å². The van der Waals surface area contributed by atoms with E-state index >= 15 is 0 Å². The van der Waals surface area contributed by atoms with Crippen molar-refractivity contribution < 1.29 is 0 Å². The maximum atomic E-state index is 2.44. The third-order valence-electron chi connectivity index (χ3n) is 20.9. The molecule has 102 heavy (non-hydrogen) atoms. The topological polar surface area (TPSA) is 0 Å². The Morgan fingerprint density at radius 3 is 0.490 bits per heavy atom. The highest BCUT2D eigenvalue weighted by atomic mass is 14.2. The number of hydrogen-bond acceptors (Lipinski definition) is 0. The molecule has 0 N–H and O–H groups in total. The first kappa shape index (κ1) is 60.0. The molecule has 0 aliphatic rings. The van der Waals surface area contributed by atoms with E-state index < -0.39 is 0 Å². The van der Waals surface area contributed by atoms with Gasteiger partial charge in [-0.25, -0.2) is 0 Å². The lowest BCUT2D eigenvalue weighted by Crippen LogP contribution is -1.92. The summed E-state index contributed by atoms with van der Waals surface area (Å²) in [7, 11) is 0. The summed E-state index contributed by atoms with van der Waals surface area (Å²) in [5.74, 6) is 0. The first-order valence-corrected chi connectivity index (χ1v) is 35.3. The van der Waals surface area contributed by atoms with Gasteiger partial charge >= 0.3 is 0 Å². The molecule has 0 spiro atoms. The quantitative estimate of drug-likeness (QED) is 0.114. The van der Waals surface area contributed by atoms with Crippen molar-refractivity contribution in [3.05, 3.63) is 400 Å². The summed E-state index contributed by atoms with van der Waals surface area (Å²) in [5, 5.41) is 14.7. The molecule has 0 saturated heterocycles. The van der Waals surface area contributed by atoms with E-state index in [0.717, 1.165) is 50.1 Å². The Morgan fingerprint density at radius 1 is 0.0882 bits per heavy atom. The Morgan fingerprint density at radius 2 is 0.235 bits per heavy atom. The predicted octanol–water partition coefficient (Wildman–Crippen LogP) is 28.6. The minimum absolute atomic E-state index is 1.14. The minimum Gasteiger partial charge on any atom is -0.0616 e. The van der Waals surface area contributed by atoms with E-state index in [-0.39, 0.29) is 0 Å². The fourth-order valence-corrected chi connectivity index (χ4v) is 15.9. The van der Waals surface area contributed by atoms with Gasteiger partial charge in [-0.05, 0) is 283 Å². The van der Waals surface area contributed by atoms with Crippen molar-refractivity contribution in [1.29, 1.82) is 0 Å². The second kappa shape index (κ2) is 25.5. The van der Waals surface area contributed by atoms with Crippen LogP contribution in [0.4, 0.5) is 0 Å². The van der Waals surface area contributed by atoms with Gasteiger partial charge in [0.15, 0.2) is 0 Å². The van der Waals surface area contributed by atoms with Gasteiger partial charge in [-0.1, -0.05) is 315 Å². The predicted molar refractivity (Wildman–Crippen MR) is 437 cm³/mol. The first-order chi connectivity index (χ1) is 50.5. The molecule has 0 atom stereocenters. The summed E-state index contributed by atoms with van der Waals surface area (Å²) in [4.78, 5) is 0. The molecule has 0 amide bonds. The van der Waals surface area contributed by atoms with E-state index in [0.29, 0.717) is 0 Å². The van der Waals surface area contributed by atoms with Crippen molar-refractivity contribution in [3.63, 3.8) is 0 Å². The summed E-state index contributed by atoms with van der Waals surface area (Å²) >= 11 is 0. The van der Waals surface area contributed by atoms with Crippen LogP contribution >= 0.6 is 0 Å². The second-order valence-electron chi connectivity index (χ2n) is 27.1. The maximum absolute atomic E-state index is 2.44. The van der Waals surface area contributed by atoms with Crippen molar-refractivity contribution in [2.75, 3.05) is 0 Å². The Kier molecular flexibility index (Phi) is 15.0. The molecule has 0 heteroatoms. The van der Waals surface area contributed by atoms with Crippen LogP contribution in [-0.2, 0) is 0 Å². The monoisotopic (exact) mass is 1290 g/mol. The molecule has 474 valence electrons. The normalized spacial score (nSPS) is 11.5. The van der Waals surface area contributed by atoms with Gasteiger partial charge in [0.05, 0.1) is 0 Å². The molecule has 0 heterocycles. The summed E-state index contributed by atoms with van der Waals surface area (Å²) in [5.41, 5.74) is 28.2. The van der Waals surface area contributed by atoms with Gasteiger partial charge in [0.25, 0.3) is 0 Å². The summed E-state index contributed by atoms with van der Waals surface area (Å²) in [6.07, 6.45) is 0. The molecule has 0 nitrogen and oxygen atoms in total. The number of rotatable bonds is 12. The molecular formula is C102H66. The highest BCUT2D eigenvalue weighted by Gasteiger charge is 2.19. The van der Waals surface area contributed by atoms with Gasteiger partial charge in [0.2, 0.25) is 0 Å². The van der Waals surface area contributed by atoms with Crippen molar-refractivity contribution >= 4 is 64.6 Å². The van der Waals surface area contributed by atoms with E-state index in [1.165, 1.54) is 148 Å². The summed E-state index contributed by atoms with van der Waals surface area (Å²) in [6, 6.07) is 149. The van der Waals surface area contributed by atoms with E-state index in [4.69, 9.17) is 0 Å². The van der Waals surface area contributed by atoms with Crippen molar-refractivity contribution in [1.82, 2.24) is 0 Å². The Bertz CT molecular complexity index is 5950. The van der Waals surface area contributed by atoms with Crippen molar-refractivity contribution in [3.8, 4) is 134 Å². The van der Waals surface area contributed by atoms with Gasteiger partial charge in [0.1, 0.15) is 0 Å². The molecule has 19 aromatic carbocycles. The SMILES string of the molecule is c1cc(-c2ccc(-c3cc(-c4cc(-c5cccc6ccccc56)cc(-c5cccc6ccccc56)c4)cc(-c4cc(-c5cccc6ccccc56)cc(-c5cccc6ccccc56)c4)c3)cc2)cc(-c2cccc(-c3cc(-c4cccc5ccccc45)cc(-c4cccc5ccccc45)c3)c2)c1. The molecule has 0 fully saturated rings. The largest absolute Gasteiger partial charge is 0.0616 e. The van der Waals surface area contributed by atoms with Gasteiger partial charge in [-0.15, -0.1) is 0 Å². The highest BCUT2D eigenvalue weighted by molar-refractivity contribution is 6.06. The zero-order valence-electron chi connectivity index (χ0n) is 56.1. The molecule has 19 rings (SSSR count). The molecule has 0 radical (unpaired) electrons. The van der Waals surface area contributed by atoms with Crippen LogP contribution in [0.15, 0.2) is 400 Å². The smallest absolute Gasteiger partial charge is 0.0105 e. The maximum Gasteiger partial charge on any atom is -0.0105 e. The molecule has 0 aliphatic heterocycles. The van der Waals surface area contributed by atoms with Crippen LogP contribution in [-0.4, -0.2) is 0 Å². The van der Waals surface area contributed by atoms with Crippen LogP contribution in [0.25, 0.3) is 198 Å². The van der Waals surface area contributed by atoms with Crippen molar-refractivity contribution in [2.24, 2.45) is 0 Å².